The van der Waals surface area contributed by atoms with E-state index in [1.54, 1.807) is 20.4 Å². The molecule has 1 rings (SSSR count). The maximum absolute atomic E-state index is 6.23. The normalized spacial score (nSPS) is 12.5. The first kappa shape index (κ1) is 15.7. The summed E-state index contributed by atoms with van der Waals surface area (Å²) in [5.74, 6) is 0.751. The van der Waals surface area contributed by atoms with Gasteiger partial charge in [0.1, 0.15) is 5.82 Å². The van der Waals surface area contributed by atoms with Gasteiger partial charge in [0.15, 0.2) is 0 Å². The van der Waals surface area contributed by atoms with Gasteiger partial charge in [0, 0.05) is 31.4 Å². The van der Waals surface area contributed by atoms with Gasteiger partial charge in [-0.1, -0.05) is 11.6 Å². The van der Waals surface area contributed by atoms with Crippen molar-refractivity contribution in [2.24, 2.45) is 0 Å². The average Bonchev–Trinajstić information content (AvgIpc) is 2.32. The smallest absolute Gasteiger partial charge is 0.147 e. The minimum Gasteiger partial charge on any atom is -0.383 e. The minimum atomic E-state index is 0.177. The van der Waals surface area contributed by atoms with Crippen LogP contribution in [0.15, 0.2) is 16.7 Å². The lowest BCUT2D eigenvalue weighted by Crippen LogP contribution is -2.39. The van der Waals surface area contributed by atoms with E-state index in [0.29, 0.717) is 18.2 Å². The van der Waals surface area contributed by atoms with Gasteiger partial charge >= 0.3 is 0 Å². The van der Waals surface area contributed by atoms with Crippen molar-refractivity contribution in [2.45, 2.75) is 13.0 Å². The summed E-state index contributed by atoms with van der Waals surface area (Å²) in [6, 6.07) is 2.01. The SMILES string of the molecule is COCCN(c1ncc(Br)cc1Cl)C(C)COC. The maximum atomic E-state index is 6.23. The molecule has 0 saturated carbocycles. The highest BCUT2D eigenvalue weighted by atomic mass is 79.9. The number of ether oxygens (including phenoxy) is 2. The lowest BCUT2D eigenvalue weighted by molar-refractivity contribution is 0.170. The van der Waals surface area contributed by atoms with Crippen LogP contribution in [0.4, 0.5) is 5.82 Å². The summed E-state index contributed by atoms with van der Waals surface area (Å²) in [5, 5.41) is 0.614. The largest absolute Gasteiger partial charge is 0.383 e. The summed E-state index contributed by atoms with van der Waals surface area (Å²) in [6.07, 6.45) is 1.74. The van der Waals surface area contributed by atoms with E-state index in [0.717, 1.165) is 16.8 Å². The van der Waals surface area contributed by atoms with E-state index < -0.39 is 0 Å². The van der Waals surface area contributed by atoms with Crippen molar-refractivity contribution in [2.75, 3.05) is 38.9 Å². The van der Waals surface area contributed by atoms with Gasteiger partial charge in [-0.15, -0.1) is 0 Å². The topological polar surface area (TPSA) is 34.6 Å². The van der Waals surface area contributed by atoms with Crippen LogP contribution in [-0.2, 0) is 9.47 Å². The summed E-state index contributed by atoms with van der Waals surface area (Å²) in [6.45, 7) is 4.01. The summed E-state index contributed by atoms with van der Waals surface area (Å²) in [5.41, 5.74) is 0. The van der Waals surface area contributed by atoms with Crippen molar-refractivity contribution in [1.82, 2.24) is 4.98 Å². The molecule has 0 aliphatic heterocycles. The molecule has 0 aromatic carbocycles. The molecular weight excluding hydrogens is 320 g/mol. The standard InChI is InChI=1S/C12H18BrClN2O2/c1-9(8-18-3)16(4-5-17-2)12-11(14)6-10(13)7-15-12/h6-7,9H,4-5,8H2,1-3H3. The van der Waals surface area contributed by atoms with Crippen LogP contribution in [0.25, 0.3) is 0 Å². The Kier molecular flexibility index (Phi) is 6.92. The highest BCUT2D eigenvalue weighted by Gasteiger charge is 2.18. The molecule has 0 radical (unpaired) electrons. The molecule has 18 heavy (non-hydrogen) atoms. The number of rotatable bonds is 7. The number of anilines is 1. The van der Waals surface area contributed by atoms with Gasteiger partial charge in [0.25, 0.3) is 0 Å². The van der Waals surface area contributed by atoms with E-state index in [1.165, 1.54) is 0 Å². The van der Waals surface area contributed by atoms with Crippen LogP contribution in [-0.4, -0.2) is 45.0 Å². The first-order valence-corrected chi connectivity index (χ1v) is 6.82. The van der Waals surface area contributed by atoms with E-state index in [4.69, 9.17) is 21.1 Å². The monoisotopic (exact) mass is 336 g/mol. The summed E-state index contributed by atoms with van der Waals surface area (Å²) >= 11 is 9.58. The van der Waals surface area contributed by atoms with Crippen molar-refractivity contribution in [3.05, 3.63) is 21.8 Å². The predicted molar refractivity (Wildman–Crippen MR) is 77.5 cm³/mol. The molecule has 1 heterocycles. The van der Waals surface area contributed by atoms with Crippen molar-refractivity contribution >= 4 is 33.3 Å². The molecule has 0 aliphatic rings. The van der Waals surface area contributed by atoms with Gasteiger partial charge in [0.2, 0.25) is 0 Å². The van der Waals surface area contributed by atoms with Gasteiger partial charge in [-0.05, 0) is 28.9 Å². The second-order valence-corrected chi connectivity index (χ2v) is 5.27. The summed E-state index contributed by atoms with van der Waals surface area (Å²) < 4.78 is 11.2. The fourth-order valence-electron chi connectivity index (χ4n) is 1.67. The molecular formula is C12H18BrClN2O2. The Balaban J connectivity index is 2.93. The lowest BCUT2D eigenvalue weighted by atomic mass is 10.3. The Morgan fingerprint density at radius 1 is 1.44 bits per heavy atom. The van der Waals surface area contributed by atoms with E-state index in [2.05, 4.69) is 32.7 Å². The zero-order chi connectivity index (χ0) is 13.5. The number of hydrogen-bond acceptors (Lipinski definition) is 4. The minimum absolute atomic E-state index is 0.177. The number of hydrogen-bond donors (Lipinski definition) is 0. The Labute approximate surface area is 121 Å². The number of nitrogens with zero attached hydrogens (tertiary/aromatic N) is 2. The molecule has 102 valence electrons. The molecule has 0 aliphatic carbocycles. The molecule has 1 aromatic rings. The first-order chi connectivity index (χ1) is 8.60. The van der Waals surface area contributed by atoms with Crippen molar-refractivity contribution in [1.29, 1.82) is 0 Å². The highest BCUT2D eigenvalue weighted by Crippen LogP contribution is 2.27. The summed E-state index contributed by atoms with van der Waals surface area (Å²) in [4.78, 5) is 6.46. The van der Waals surface area contributed by atoms with Gasteiger partial charge in [0.05, 0.1) is 24.3 Å². The van der Waals surface area contributed by atoms with Crippen LogP contribution in [0.1, 0.15) is 6.92 Å². The fourth-order valence-corrected chi connectivity index (χ4v) is 2.41. The van der Waals surface area contributed by atoms with E-state index >= 15 is 0 Å². The average molecular weight is 338 g/mol. The van der Waals surface area contributed by atoms with E-state index in [1.807, 2.05) is 6.07 Å². The fraction of sp³-hybridized carbons (Fsp3) is 0.583. The van der Waals surface area contributed by atoms with Gasteiger partial charge in [-0.25, -0.2) is 4.98 Å². The molecule has 0 N–H and O–H groups in total. The molecule has 6 heteroatoms. The van der Waals surface area contributed by atoms with Crippen molar-refractivity contribution in [3.63, 3.8) is 0 Å². The Bertz CT molecular complexity index is 379. The number of aromatic nitrogens is 1. The van der Waals surface area contributed by atoms with Crippen LogP contribution in [0, 0.1) is 0 Å². The third kappa shape index (κ3) is 4.39. The molecule has 0 fully saturated rings. The van der Waals surface area contributed by atoms with Crippen molar-refractivity contribution in [3.8, 4) is 0 Å². The van der Waals surface area contributed by atoms with Crippen LogP contribution < -0.4 is 4.90 Å². The number of pyridine rings is 1. The van der Waals surface area contributed by atoms with E-state index in [-0.39, 0.29) is 6.04 Å². The first-order valence-electron chi connectivity index (χ1n) is 5.65. The molecule has 4 nitrogen and oxygen atoms in total. The Hall–Kier alpha value is -0.360. The second-order valence-electron chi connectivity index (χ2n) is 3.95. The third-order valence-corrected chi connectivity index (χ3v) is 3.25. The third-order valence-electron chi connectivity index (χ3n) is 2.54. The molecule has 0 amide bonds. The van der Waals surface area contributed by atoms with Gasteiger partial charge in [-0.2, -0.15) is 0 Å². The van der Waals surface area contributed by atoms with Crippen LogP contribution >= 0.6 is 27.5 Å². The van der Waals surface area contributed by atoms with Crippen LogP contribution in [0.3, 0.4) is 0 Å². The number of methoxy groups -OCH3 is 2. The molecule has 1 aromatic heterocycles. The van der Waals surface area contributed by atoms with Gasteiger partial charge in [-0.3, -0.25) is 0 Å². The van der Waals surface area contributed by atoms with Crippen LogP contribution in [0.5, 0.6) is 0 Å². The molecule has 0 spiro atoms. The van der Waals surface area contributed by atoms with E-state index in [9.17, 15) is 0 Å². The maximum Gasteiger partial charge on any atom is 0.147 e. The van der Waals surface area contributed by atoms with Gasteiger partial charge < -0.3 is 14.4 Å². The molecule has 0 saturated heterocycles. The highest BCUT2D eigenvalue weighted by molar-refractivity contribution is 9.10. The molecule has 1 atom stereocenters. The molecule has 1 unspecified atom stereocenters. The quantitative estimate of drug-likeness (QED) is 0.766. The zero-order valence-electron chi connectivity index (χ0n) is 10.8. The second kappa shape index (κ2) is 7.94. The lowest BCUT2D eigenvalue weighted by Gasteiger charge is -2.30. The number of halogens is 2. The Morgan fingerprint density at radius 2 is 2.17 bits per heavy atom. The van der Waals surface area contributed by atoms with Crippen molar-refractivity contribution < 1.29 is 9.47 Å². The Morgan fingerprint density at radius 3 is 2.72 bits per heavy atom. The predicted octanol–water partition coefficient (Wildman–Crippen LogP) is 2.99. The van der Waals surface area contributed by atoms with Crippen LogP contribution in [0.2, 0.25) is 5.02 Å². The summed E-state index contributed by atoms with van der Waals surface area (Å²) in [7, 11) is 3.36. The molecule has 0 bridgehead atoms. The zero-order valence-corrected chi connectivity index (χ0v) is 13.2.